The number of rotatable bonds is 5. The summed E-state index contributed by atoms with van der Waals surface area (Å²) in [6, 6.07) is 0. The van der Waals surface area contributed by atoms with Gasteiger partial charge in [0.25, 0.3) is 0 Å². The van der Waals surface area contributed by atoms with Crippen LogP contribution in [0.2, 0.25) is 0 Å². The molecule has 0 aliphatic carbocycles. The van der Waals surface area contributed by atoms with Crippen molar-refractivity contribution in [2.24, 2.45) is 11.8 Å². The van der Waals surface area contributed by atoms with Gasteiger partial charge in [-0.1, -0.05) is 13.8 Å². The van der Waals surface area contributed by atoms with Gasteiger partial charge < -0.3 is 10.4 Å². The van der Waals surface area contributed by atoms with Crippen LogP contribution in [0.3, 0.4) is 0 Å². The average molecular weight is 283 g/mol. The number of anilines is 1. The molecule has 1 aromatic rings. The number of nitrogens with one attached hydrogen (secondary N) is 1. The van der Waals surface area contributed by atoms with Gasteiger partial charge >= 0.3 is 12.1 Å². The number of nitrogens with zero attached hydrogens (tertiary/aromatic N) is 2. The van der Waals surface area contributed by atoms with Crippen molar-refractivity contribution in [2.75, 3.05) is 11.9 Å². The fourth-order valence-electron chi connectivity index (χ4n) is 1.22. The van der Waals surface area contributed by atoms with Gasteiger partial charge in [-0.15, -0.1) is 0 Å². The second-order valence-corrected chi connectivity index (χ2v) is 4.74. The van der Waals surface area contributed by atoms with E-state index in [1.54, 1.807) is 13.8 Å². The molecule has 0 aromatic carbocycles. The van der Waals surface area contributed by atoms with Crippen molar-refractivity contribution in [3.63, 3.8) is 0 Å². The molecule has 0 fully saturated rings. The zero-order chi connectivity index (χ0) is 13.9. The largest absolute Gasteiger partial charge is 0.481 e. The maximum atomic E-state index is 12.2. The molecule has 9 heteroatoms. The third-order valence-corrected chi connectivity index (χ3v) is 2.95. The van der Waals surface area contributed by atoms with Crippen LogP contribution in [-0.4, -0.2) is 27.0 Å². The van der Waals surface area contributed by atoms with Gasteiger partial charge in [0, 0.05) is 18.1 Å². The summed E-state index contributed by atoms with van der Waals surface area (Å²) in [6.45, 7) is 3.46. The average Bonchev–Trinajstić information content (AvgIpc) is 2.64. The van der Waals surface area contributed by atoms with Crippen LogP contribution in [0, 0.1) is 11.8 Å². The lowest BCUT2D eigenvalue weighted by atomic mass is 9.96. The highest BCUT2D eigenvalue weighted by Crippen LogP contribution is 2.29. The standard InChI is InChI=1S/C9H12F3N3O2S/c1-4(2)5(6(16)17)3-13-8-14-7(15-18-8)9(10,11)12/h4-5H,3H2,1-2H3,(H,16,17)(H,13,14,15). The summed E-state index contributed by atoms with van der Waals surface area (Å²) in [5.41, 5.74) is 0. The summed E-state index contributed by atoms with van der Waals surface area (Å²) in [7, 11) is 0. The minimum atomic E-state index is -4.58. The van der Waals surface area contributed by atoms with Crippen molar-refractivity contribution < 1.29 is 23.1 Å². The Kier molecular flexibility index (Phi) is 4.49. The van der Waals surface area contributed by atoms with Crippen molar-refractivity contribution in [2.45, 2.75) is 20.0 Å². The second kappa shape index (κ2) is 5.51. The number of carbonyl (C=O) groups is 1. The van der Waals surface area contributed by atoms with Gasteiger partial charge in [0.15, 0.2) is 0 Å². The van der Waals surface area contributed by atoms with Gasteiger partial charge in [0.1, 0.15) is 0 Å². The van der Waals surface area contributed by atoms with E-state index in [1.165, 1.54) is 0 Å². The van der Waals surface area contributed by atoms with Crippen molar-refractivity contribution >= 4 is 22.6 Å². The first-order valence-electron chi connectivity index (χ1n) is 5.09. The zero-order valence-electron chi connectivity index (χ0n) is 9.65. The first-order valence-corrected chi connectivity index (χ1v) is 5.86. The fourth-order valence-corrected chi connectivity index (χ4v) is 1.81. The van der Waals surface area contributed by atoms with E-state index < -0.39 is 23.9 Å². The molecule has 0 radical (unpaired) electrons. The molecule has 2 N–H and O–H groups in total. The van der Waals surface area contributed by atoms with Gasteiger partial charge in [-0.05, 0) is 5.92 Å². The van der Waals surface area contributed by atoms with Crippen LogP contribution in [0.5, 0.6) is 0 Å². The monoisotopic (exact) mass is 283 g/mol. The third-order valence-electron chi connectivity index (χ3n) is 2.27. The third kappa shape index (κ3) is 3.83. The summed E-state index contributed by atoms with van der Waals surface area (Å²) in [6.07, 6.45) is -4.58. The molecule has 102 valence electrons. The number of hydrogen-bond acceptors (Lipinski definition) is 5. The van der Waals surface area contributed by atoms with Gasteiger partial charge in [0.05, 0.1) is 5.92 Å². The Hall–Kier alpha value is -1.38. The minimum Gasteiger partial charge on any atom is -0.481 e. The van der Waals surface area contributed by atoms with Gasteiger partial charge in [-0.3, -0.25) is 4.79 Å². The van der Waals surface area contributed by atoms with Crippen LogP contribution in [0.4, 0.5) is 18.3 Å². The first kappa shape index (κ1) is 14.7. The first-order chi connectivity index (χ1) is 8.21. The lowest BCUT2D eigenvalue weighted by Gasteiger charge is -2.15. The zero-order valence-corrected chi connectivity index (χ0v) is 10.5. The van der Waals surface area contributed by atoms with E-state index in [4.69, 9.17) is 5.11 Å². The van der Waals surface area contributed by atoms with Crippen LogP contribution >= 0.6 is 11.5 Å². The Labute approximate surface area is 105 Å². The predicted molar refractivity (Wildman–Crippen MR) is 59.4 cm³/mol. The van der Waals surface area contributed by atoms with Crippen molar-refractivity contribution in [3.8, 4) is 0 Å². The molecule has 0 saturated carbocycles. The van der Waals surface area contributed by atoms with Gasteiger partial charge in [-0.2, -0.15) is 22.5 Å². The Morgan fingerprint density at radius 1 is 1.50 bits per heavy atom. The number of halogens is 3. The van der Waals surface area contributed by atoms with Gasteiger partial charge in [-0.25, -0.2) is 0 Å². The summed E-state index contributed by atoms with van der Waals surface area (Å²) < 4.78 is 39.8. The van der Waals surface area contributed by atoms with Crippen LogP contribution in [0.1, 0.15) is 19.7 Å². The molecule has 0 aliphatic rings. The molecule has 1 aromatic heterocycles. The number of carboxylic acid groups (broad SMARTS) is 1. The molecular formula is C9H12F3N3O2S. The molecule has 1 atom stereocenters. The maximum absolute atomic E-state index is 12.2. The van der Waals surface area contributed by atoms with E-state index in [-0.39, 0.29) is 17.6 Å². The molecule has 0 amide bonds. The maximum Gasteiger partial charge on any atom is 0.452 e. The normalized spacial score (nSPS) is 13.7. The van der Waals surface area contributed by atoms with E-state index in [9.17, 15) is 18.0 Å². The highest BCUT2D eigenvalue weighted by Gasteiger charge is 2.36. The molecule has 5 nitrogen and oxygen atoms in total. The van der Waals surface area contributed by atoms with Crippen molar-refractivity contribution in [3.05, 3.63) is 5.82 Å². The summed E-state index contributed by atoms with van der Waals surface area (Å²) in [5.74, 6) is -3.04. The summed E-state index contributed by atoms with van der Waals surface area (Å²) >= 11 is 0.557. The minimum absolute atomic E-state index is 0.0134. The molecule has 18 heavy (non-hydrogen) atoms. The molecule has 0 spiro atoms. The molecule has 1 unspecified atom stereocenters. The van der Waals surface area contributed by atoms with E-state index in [0.717, 1.165) is 0 Å². The fraction of sp³-hybridized carbons (Fsp3) is 0.667. The quantitative estimate of drug-likeness (QED) is 0.867. The van der Waals surface area contributed by atoms with E-state index >= 15 is 0 Å². The SMILES string of the molecule is CC(C)C(CNc1nc(C(F)(F)F)ns1)C(=O)O. The Balaban J connectivity index is 2.63. The molecule has 0 bridgehead atoms. The number of carboxylic acids is 1. The van der Waals surface area contributed by atoms with Crippen LogP contribution < -0.4 is 5.32 Å². The number of alkyl halides is 3. The summed E-state index contributed by atoms with van der Waals surface area (Å²) in [4.78, 5) is 14.1. The molecule has 1 rings (SSSR count). The van der Waals surface area contributed by atoms with E-state index in [0.29, 0.717) is 11.5 Å². The topological polar surface area (TPSA) is 75.1 Å². The molecule has 0 aliphatic heterocycles. The van der Waals surface area contributed by atoms with Crippen LogP contribution in [-0.2, 0) is 11.0 Å². The smallest absolute Gasteiger partial charge is 0.452 e. The highest BCUT2D eigenvalue weighted by molar-refractivity contribution is 7.09. The Morgan fingerprint density at radius 3 is 2.50 bits per heavy atom. The second-order valence-electron chi connectivity index (χ2n) is 3.99. The van der Waals surface area contributed by atoms with E-state index in [2.05, 4.69) is 14.7 Å². The molecular weight excluding hydrogens is 271 g/mol. The van der Waals surface area contributed by atoms with Crippen LogP contribution in [0.15, 0.2) is 0 Å². The van der Waals surface area contributed by atoms with Gasteiger partial charge in [0.2, 0.25) is 11.0 Å². The number of aromatic nitrogens is 2. The van der Waals surface area contributed by atoms with Crippen LogP contribution in [0.25, 0.3) is 0 Å². The Bertz CT molecular complexity index is 419. The lowest BCUT2D eigenvalue weighted by molar-refractivity contribution is -0.144. The van der Waals surface area contributed by atoms with Crippen molar-refractivity contribution in [1.82, 2.24) is 9.36 Å². The molecule has 0 saturated heterocycles. The number of aliphatic carboxylic acids is 1. The Morgan fingerprint density at radius 2 is 2.11 bits per heavy atom. The predicted octanol–water partition coefficient (Wildman–Crippen LogP) is 2.33. The number of hydrogen-bond donors (Lipinski definition) is 2. The molecule has 1 heterocycles. The highest BCUT2D eigenvalue weighted by atomic mass is 32.1. The lowest BCUT2D eigenvalue weighted by Crippen LogP contribution is -2.27. The van der Waals surface area contributed by atoms with E-state index in [1.807, 2.05) is 0 Å². The van der Waals surface area contributed by atoms with Crippen molar-refractivity contribution in [1.29, 1.82) is 0 Å². The summed E-state index contributed by atoms with van der Waals surface area (Å²) in [5, 5.41) is 11.4.